The Morgan fingerprint density at radius 2 is 2.40 bits per heavy atom. The molecule has 1 heterocycles. The maximum atomic E-state index is 11.5. The number of piperidine rings is 1. The van der Waals surface area contributed by atoms with Gasteiger partial charge in [-0.05, 0) is 32.2 Å². The van der Waals surface area contributed by atoms with Crippen molar-refractivity contribution >= 4 is 5.91 Å². The number of carbonyl (C=O) groups excluding carboxylic acids is 1. The van der Waals surface area contributed by atoms with Crippen molar-refractivity contribution in [2.24, 2.45) is 0 Å². The first-order chi connectivity index (χ1) is 7.33. The van der Waals surface area contributed by atoms with Gasteiger partial charge in [-0.1, -0.05) is 0 Å². The van der Waals surface area contributed by atoms with Gasteiger partial charge in [0.25, 0.3) is 0 Å². The molecule has 0 unspecified atom stereocenters. The number of rotatable bonds is 5. The number of terminal acetylenes is 1. The Morgan fingerprint density at radius 1 is 1.53 bits per heavy atom. The summed E-state index contributed by atoms with van der Waals surface area (Å²) in [6.07, 6.45) is 10.6. The zero-order chi connectivity index (χ0) is 10.9. The van der Waals surface area contributed by atoms with Gasteiger partial charge in [0.15, 0.2) is 0 Å². The predicted molar refractivity (Wildman–Crippen MR) is 61.3 cm³/mol. The van der Waals surface area contributed by atoms with Crippen LogP contribution in [0.3, 0.4) is 0 Å². The molecule has 1 atom stereocenters. The molecule has 1 saturated heterocycles. The van der Waals surface area contributed by atoms with E-state index in [0.29, 0.717) is 12.5 Å². The van der Waals surface area contributed by atoms with Gasteiger partial charge >= 0.3 is 0 Å². The molecule has 2 N–H and O–H groups in total. The van der Waals surface area contributed by atoms with E-state index in [0.717, 1.165) is 45.2 Å². The van der Waals surface area contributed by atoms with Gasteiger partial charge in [-0.15, -0.1) is 12.3 Å². The van der Waals surface area contributed by atoms with E-state index in [1.54, 1.807) is 0 Å². The summed E-state index contributed by atoms with van der Waals surface area (Å²) < 4.78 is 0. The van der Waals surface area contributed by atoms with Crippen LogP contribution in [-0.4, -0.2) is 25.0 Å². The van der Waals surface area contributed by atoms with Gasteiger partial charge in [0.05, 0.1) is 0 Å². The topological polar surface area (TPSA) is 41.1 Å². The minimum absolute atomic E-state index is 0.167. The predicted octanol–water partition coefficient (Wildman–Crippen LogP) is 1.05. The number of hydrogen-bond acceptors (Lipinski definition) is 2. The normalized spacial score (nSPS) is 20.6. The fourth-order valence-electron chi connectivity index (χ4n) is 1.79. The summed E-state index contributed by atoms with van der Waals surface area (Å²) in [6.45, 7) is 1.99. The van der Waals surface area contributed by atoms with Crippen LogP contribution in [0, 0.1) is 12.3 Å². The lowest BCUT2D eigenvalue weighted by atomic mass is 10.1. The molecule has 1 fully saturated rings. The molecule has 0 saturated carbocycles. The van der Waals surface area contributed by atoms with Gasteiger partial charge in [0.2, 0.25) is 5.91 Å². The first-order valence-electron chi connectivity index (χ1n) is 5.76. The smallest absolute Gasteiger partial charge is 0.220 e. The molecule has 1 amide bonds. The van der Waals surface area contributed by atoms with Crippen LogP contribution in [0.1, 0.15) is 38.5 Å². The molecule has 84 valence electrons. The van der Waals surface area contributed by atoms with E-state index in [9.17, 15) is 4.79 Å². The molecule has 1 aliphatic heterocycles. The van der Waals surface area contributed by atoms with Crippen LogP contribution in [0.2, 0.25) is 0 Å². The van der Waals surface area contributed by atoms with E-state index in [1.807, 2.05) is 0 Å². The van der Waals surface area contributed by atoms with Gasteiger partial charge in [-0.25, -0.2) is 0 Å². The Kier molecular flexibility index (Phi) is 5.87. The van der Waals surface area contributed by atoms with Crippen molar-refractivity contribution in [3.05, 3.63) is 0 Å². The van der Waals surface area contributed by atoms with Gasteiger partial charge in [-0.2, -0.15) is 0 Å². The molecule has 0 aromatic rings. The molecule has 3 heteroatoms. The third-order valence-electron chi connectivity index (χ3n) is 2.64. The average Bonchev–Trinajstić information content (AvgIpc) is 2.26. The van der Waals surface area contributed by atoms with Crippen LogP contribution in [0.5, 0.6) is 0 Å². The highest BCUT2D eigenvalue weighted by atomic mass is 16.1. The average molecular weight is 208 g/mol. The third-order valence-corrected chi connectivity index (χ3v) is 2.64. The lowest BCUT2D eigenvalue weighted by molar-refractivity contribution is -0.122. The van der Waals surface area contributed by atoms with Crippen molar-refractivity contribution in [3.8, 4) is 12.3 Å². The van der Waals surface area contributed by atoms with Crippen molar-refractivity contribution in [2.75, 3.05) is 13.1 Å². The van der Waals surface area contributed by atoms with Crippen molar-refractivity contribution < 1.29 is 4.79 Å². The summed E-state index contributed by atoms with van der Waals surface area (Å²) in [4.78, 5) is 11.5. The number of nitrogens with one attached hydrogen (secondary N) is 2. The van der Waals surface area contributed by atoms with Gasteiger partial charge in [-0.3, -0.25) is 4.79 Å². The van der Waals surface area contributed by atoms with E-state index < -0.39 is 0 Å². The first kappa shape index (κ1) is 12.1. The van der Waals surface area contributed by atoms with E-state index in [2.05, 4.69) is 16.6 Å². The largest absolute Gasteiger partial charge is 0.352 e. The molecule has 0 aliphatic carbocycles. The van der Waals surface area contributed by atoms with Gasteiger partial charge < -0.3 is 10.6 Å². The van der Waals surface area contributed by atoms with Gasteiger partial charge in [0, 0.05) is 25.4 Å². The molecule has 0 radical (unpaired) electrons. The summed E-state index contributed by atoms with van der Waals surface area (Å²) in [6, 6.07) is 0.332. The maximum Gasteiger partial charge on any atom is 0.220 e. The second-order valence-electron chi connectivity index (χ2n) is 4.02. The summed E-state index contributed by atoms with van der Waals surface area (Å²) >= 11 is 0. The van der Waals surface area contributed by atoms with Crippen molar-refractivity contribution in [1.29, 1.82) is 0 Å². The Bertz CT molecular complexity index is 226. The van der Waals surface area contributed by atoms with Crippen LogP contribution >= 0.6 is 0 Å². The highest BCUT2D eigenvalue weighted by molar-refractivity contribution is 5.76. The first-order valence-corrected chi connectivity index (χ1v) is 5.76. The van der Waals surface area contributed by atoms with Crippen LogP contribution in [0.15, 0.2) is 0 Å². The molecule has 0 aromatic heterocycles. The quantitative estimate of drug-likeness (QED) is 0.524. The van der Waals surface area contributed by atoms with Crippen molar-refractivity contribution in [2.45, 2.75) is 44.6 Å². The summed E-state index contributed by atoms with van der Waals surface area (Å²) in [7, 11) is 0. The number of amides is 1. The SMILES string of the molecule is C#CCCCCC(=O)N[C@H]1CCCNC1. The molecule has 1 rings (SSSR count). The maximum absolute atomic E-state index is 11.5. The van der Waals surface area contributed by atoms with Crippen molar-refractivity contribution in [1.82, 2.24) is 10.6 Å². The molecule has 0 bridgehead atoms. The second-order valence-corrected chi connectivity index (χ2v) is 4.02. The summed E-state index contributed by atoms with van der Waals surface area (Å²) in [5, 5.41) is 6.32. The zero-order valence-corrected chi connectivity index (χ0v) is 9.22. The Balaban J connectivity index is 2.04. The summed E-state index contributed by atoms with van der Waals surface area (Å²) in [5.74, 6) is 2.75. The van der Waals surface area contributed by atoms with E-state index in [4.69, 9.17) is 6.42 Å². The van der Waals surface area contributed by atoms with Crippen LogP contribution in [-0.2, 0) is 4.79 Å². The van der Waals surface area contributed by atoms with E-state index in [-0.39, 0.29) is 5.91 Å². The Hall–Kier alpha value is -1.01. The van der Waals surface area contributed by atoms with E-state index >= 15 is 0 Å². The third kappa shape index (κ3) is 5.44. The minimum Gasteiger partial charge on any atom is -0.352 e. The number of carbonyl (C=O) groups is 1. The highest BCUT2D eigenvalue weighted by Gasteiger charge is 2.14. The highest BCUT2D eigenvalue weighted by Crippen LogP contribution is 2.03. The van der Waals surface area contributed by atoms with Crippen LogP contribution in [0.25, 0.3) is 0 Å². The molecule has 0 spiro atoms. The lowest BCUT2D eigenvalue weighted by Crippen LogP contribution is -2.45. The second kappa shape index (κ2) is 7.30. The minimum atomic E-state index is 0.167. The van der Waals surface area contributed by atoms with E-state index in [1.165, 1.54) is 0 Å². The zero-order valence-electron chi connectivity index (χ0n) is 9.22. The number of hydrogen-bond donors (Lipinski definition) is 2. The van der Waals surface area contributed by atoms with Gasteiger partial charge in [0.1, 0.15) is 0 Å². The molecule has 3 nitrogen and oxygen atoms in total. The fourth-order valence-corrected chi connectivity index (χ4v) is 1.79. The molecule has 0 aromatic carbocycles. The Labute approximate surface area is 92.0 Å². The molecule has 15 heavy (non-hydrogen) atoms. The standard InChI is InChI=1S/C12H20N2O/c1-2-3-4-5-8-12(15)14-11-7-6-9-13-10-11/h1,11,13H,3-10H2,(H,14,15)/t11-/m0/s1. The van der Waals surface area contributed by atoms with Crippen molar-refractivity contribution in [3.63, 3.8) is 0 Å². The molecule has 1 aliphatic rings. The lowest BCUT2D eigenvalue weighted by Gasteiger charge is -2.23. The summed E-state index contributed by atoms with van der Waals surface area (Å²) in [5.41, 5.74) is 0. The monoisotopic (exact) mass is 208 g/mol. The molecular weight excluding hydrogens is 188 g/mol. The Morgan fingerprint density at radius 3 is 3.07 bits per heavy atom. The van der Waals surface area contributed by atoms with Crippen LogP contribution < -0.4 is 10.6 Å². The fraction of sp³-hybridized carbons (Fsp3) is 0.750. The van der Waals surface area contributed by atoms with Crippen LogP contribution in [0.4, 0.5) is 0 Å². The molecular formula is C12H20N2O. The number of unbranched alkanes of at least 4 members (excludes halogenated alkanes) is 2.